The highest BCUT2D eigenvalue weighted by atomic mass is 32.1. The van der Waals surface area contributed by atoms with Crippen molar-refractivity contribution in [2.24, 2.45) is 5.92 Å². The van der Waals surface area contributed by atoms with Gasteiger partial charge < -0.3 is 4.90 Å². The topological polar surface area (TPSA) is 6.48 Å². The van der Waals surface area contributed by atoms with Crippen molar-refractivity contribution in [2.75, 3.05) is 26.7 Å². The third-order valence-electron chi connectivity index (χ3n) is 3.04. The van der Waals surface area contributed by atoms with E-state index in [1.807, 2.05) is 0 Å². The number of nitrogens with zero attached hydrogens (tertiary/aromatic N) is 2. The lowest BCUT2D eigenvalue weighted by Gasteiger charge is -2.34. The van der Waals surface area contributed by atoms with E-state index in [-0.39, 0.29) is 0 Å². The second kappa shape index (κ2) is 2.96. The molecule has 2 atom stereocenters. The van der Waals surface area contributed by atoms with Crippen LogP contribution in [0.4, 0.5) is 0 Å². The van der Waals surface area contributed by atoms with Gasteiger partial charge in [-0.15, -0.1) is 0 Å². The summed E-state index contributed by atoms with van der Waals surface area (Å²) in [5.41, 5.74) is 0. The van der Waals surface area contributed by atoms with Gasteiger partial charge in [0.1, 0.15) is 0 Å². The first-order valence-electron chi connectivity index (χ1n) is 4.41. The maximum absolute atomic E-state index is 4.46. The van der Waals surface area contributed by atoms with Crippen LogP contribution in [0.3, 0.4) is 0 Å². The van der Waals surface area contributed by atoms with Crippen molar-refractivity contribution >= 4 is 12.8 Å². The summed E-state index contributed by atoms with van der Waals surface area (Å²) in [4.78, 5) is 2.41. The lowest BCUT2D eigenvalue weighted by atomic mass is 9.93. The molecular formula is C8H16N2S. The van der Waals surface area contributed by atoms with Crippen molar-refractivity contribution in [3.63, 3.8) is 0 Å². The zero-order chi connectivity index (χ0) is 7.84. The van der Waals surface area contributed by atoms with E-state index in [1.165, 1.54) is 32.5 Å². The molecule has 0 aromatic rings. The summed E-state index contributed by atoms with van der Waals surface area (Å²) in [7, 11) is 2.20. The Hall–Kier alpha value is 0.270. The molecule has 0 aromatic heterocycles. The Balaban J connectivity index is 2.01. The molecule has 2 saturated heterocycles. The molecule has 0 aliphatic carbocycles. The van der Waals surface area contributed by atoms with Crippen LogP contribution in [0.5, 0.6) is 0 Å². The van der Waals surface area contributed by atoms with Gasteiger partial charge in [0.05, 0.1) is 0 Å². The van der Waals surface area contributed by atoms with E-state index in [2.05, 4.69) is 29.1 Å². The minimum atomic E-state index is 0.733. The molecule has 2 heterocycles. The number of hydrogen-bond donors (Lipinski definition) is 1. The third kappa shape index (κ3) is 1.42. The smallest absolute Gasteiger partial charge is 0.0356 e. The molecule has 2 rings (SSSR count). The van der Waals surface area contributed by atoms with Gasteiger partial charge in [-0.05, 0) is 32.4 Å². The van der Waals surface area contributed by atoms with Crippen molar-refractivity contribution < 1.29 is 0 Å². The molecule has 2 unspecified atom stereocenters. The summed E-state index contributed by atoms with van der Waals surface area (Å²) in [5, 5.41) is 0. The highest BCUT2D eigenvalue weighted by Gasteiger charge is 2.35. The van der Waals surface area contributed by atoms with Crippen molar-refractivity contribution in [1.82, 2.24) is 9.21 Å². The van der Waals surface area contributed by atoms with Crippen LogP contribution in [0.25, 0.3) is 0 Å². The summed E-state index contributed by atoms with van der Waals surface area (Å²) < 4.78 is 2.22. The van der Waals surface area contributed by atoms with E-state index in [4.69, 9.17) is 0 Å². The van der Waals surface area contributed by atoms with Gasteiger partial charge in [0, 0.05) is 19.1 Å². The van der Waals surface area contributed by atoms with Crippen molar-refractivity contribution in [1.29, 1.82) is 0 Å². The second-order valence-electron chi connectivity index (χ2n) is 3.83. The lowest BCUT2D eigenvalue weighted by molar-refractivity contribution is 0.171. The SMILES string of the molecule is CN1CCC2CCN(S)C2C1. The van der Waals surface area contributed by atoms with E-state index < -0.39 is 0 Å². The van der Waals surface area contributed by atoms with Crippen molar-refractivity contribution in [3.8, 4) is 0 Å². The first-order chi connectivity index (χ1) is 5.27. The van der Waals surface area contributed by atoms with Crippen LogP contribution < -0.4 is 0 Å². The number of likely N-dealkylation sites (N-methyl/N-ethyl adjacent to an activating group) is 1. The number of hydrogen-bond acceptors (Lipinski definition) is 3. The van der Waals surface area contributed by atoms with Gasteiger partial charge in [0.25, 0.3) is 0 Å². The molecule has 2 aliphatic heterocycles. The molecule has 2 nitrogen and oxygen atoms in total. The van der Waals surface area contributed by atoms with Crippen LogP contribution in [-0.2, 0) is 0 Å². The lowest BCUT2D eigenvalue weighted by Crippen LogP contribution is -2.43. The van der Waals surface area contributed by atoms with Gasteiger partial charge in [0.15, 0.2) is 0 Å². The molecule has 11 heavy (non-hydrogen) atoms. The average Bonchev–Trinajstić information content (AvgIpc) is 2.33. The van der Waals surface area contributed by atoms with Crippen LogP contribution in [0.15, 0.2) is 0 Å². The van der Waals surface area contributed by atoms with Crippen molar-refractivity contribution in [2.45, 2.75) is 18.9 Å². The second-order valence-corrected chi connectivity index (χ2v) is 4.34. The molecule has 0 saturated carbocycles. The predicted octanol–water partition coefficient (Wildman–Crippen LogP) is 0.857. The molecule has 0 N–H and O–H groups in total. The summed E-state index contributed by atoms with van der Waals surface area (Å²) >= 11 is 4.46. The third-order valence-corrected chi connectivity index (χ3v) is 3.53. The van der Waals surface area contributed by atoms with Gasteiger partial charge in [-0.1, -0.05) is 12.8 Å². The van der Waals surface area contributed by atoms with Gasteiger partial charge in [-0.3, -0.25) is 0 Å². The molecule has 0 radical (unpaired) electrons. The Morgan fingerprint density at radius 2 is 2.00 bits per heavy atom. The molecule has 2 aliphatic rings. The first kappa shape index (κ1) is 7.90. The highest BCUT2D eigenvalue weighted by Crippen LogP contribution is 2.31. The van der Waals surface area contributed by atoms with E-state index in [0.29, 0.717) is 0 Å². The minimum Gasteiger partial charge on any atom is -0.305 e. The summed E-state index contributed by atoms with van der Waals surface area (Å²) in [6.45, 7) is 3.68. The van der Waals surface area contributed by atoms with E-state index >= 15 is 0 Å². The van der Waals surface area contributed by atoms with E-state index in [9.17, 15) is 0 Å². The van der Waals surface area contributed by atoms with E-state index in [0.717, 1.165) is 12.0 Å². The van der Waals surface area contributed by atoms with E-state index in [1.54, 1.807) is 0 Å². The van der Waals surface area contributed by atoms with Crippen LogP contribution in [0.1, 0.15) is 12.8 Å². The standard InChI is InChI=1S/C8H16N2S/c1-9-4-2-7-3-5-10(11)8(7)6-9/h7-8,11H,2-6H2,1H3. The highest BCUT2D eigenvalue weighted by molar-refractivity contribution is 7.77. The number of rotatable bonds is 0. The normalized spacial score (nSPS) is 40.9. The fraction of sp³-hybridized carbons (Fsp3) is 1.00. The Bertz CT molecular complexity index is 151. The summed E-state index contributed by atoms with van der Waals surface area (Å²) in [5.74, 6) is 0.934. The van der Waals surface area contributed by atoms with Crippen LogP contribution in [0, 0.1) is 5.92 Å². The van der Waals surface area contributed by atoms with Crippen molar-refractivity contribution in [3.05, 3.63) is 0 Å². The Labute approximate surface area is 74.1 Å². The van der Waals surface area contributed by atoms with Gasteiger partial charge in [0.2, 0.25) is 0 Å². The quantitative estimate of drug-likeness (QED) is 0.541. The molecule has 0 spiro atoms. The minimum absolute atomic E-state index is 0.733. The largest absolute Gasteiger partial charge is 0.305 e. The summed E-state index contributed by atoms with van der Waals surface area (Å²) in [6.07, 6.45) is 2.74. The Morgan fingerprint density at radius 3 is 2.82 bits per heavy atom. The summed E-state index contributed by atoms with van der Waals surface area (Å²) in [6, 6.07) is 0.733. The molecule has 0 aromatic carbocycles. The Morgan fingerprint density at radius 1 is 1.27 bits per heavy atom. The van der Waals surface area contributed by atoms with Gasteiger partial charge >= 0.3 is 0 Å². The molecule has 3 heteroatoms. The van der Waals surface area contributed by atoms with Crippen LogP contribution in [-0.4, -0.2) is 41.9 Å². The van der Waals surface area contributed by atoms with Crippen LogP contribution >= 0.6 is 12.8 Å². The molecule has 0 bridgehead atoms. The number of piperidine rings is 1. The fourth-order valence-electron chi connectivity index (χ4n) is 2.28. The van der Waals surface area contributed by atoms with Gasteiger partial charge in [-0.2, -0.15) is 0 Å². The molecule has 64 valence electrons. The number of fused-ring (bicyclic) bond motifs is 1. The number of thiol groups is 1. The maximum Gasteiger partial charge on any atom is 0.0356 e. The number of likely N-dealkylation sites (tertiary alicyclic amines) is 1. The zero-order valence-corrected chi connectivity index (χ0v) is 7.93. The first-order valence-corrected chi connectivity index (χ1v) is 4.81. The van der Waals surface area contributed by atoms with Crippen LogP contribution in [0.2, 0.25) is 0 Å². The zero-order valence-electron chi connectivity index (χ0n) is 7.03. The average molecular weight is 172 g/mol. The van der Waals surface area contributed by atoms with Gasteiger partial charge in [-0.25, -0.2) is 4.31 Å². The fourth-order valence-corrected chi connectivity index (χ4v) is 2.65. The molecule has 0 amide bonds. The molecular weight excluding hydrogens is 156 g/mol. The Kier molecular flexibility index (Phi) is 2.12. The monoisotopic (exact) mass is 172 g/mol. The predicted molar refractivity (Wildman–Crippen MR) is 49.7 cm³/mol. The molecule has 2 fully saturated rings. The maximum atomic E-state index is 4.46.